The zero-order chi connectivity index (χ0) is 13.0. The summed E-state index contributed by atoms with van der Waals surface area (Å²) in [6.45, 7) is -0.336. The smallest absolute Gasteiger partial charge is 0.325 e. The highest BCUT2D eigenvalue weighted by molar-refractivity contribution is 6.32. The van der Waals surface area contributed by atoms with Gasteiger partial charge in [0.2, 0.25) is 0 Å². The Morgan fingerprint density at radius 3 is 2.76 bits per heavy atom. The van der Waals surface area contributed by atoms with Gasteiger partial charge >= 0.3 is 5.97 Å². The number of rotatable bonds is 5. The third kappa shape index (κ3) is 3.76. The number of nitro groups is 1. The molecule has 0 aliphatic heterocycles. The fraction of sp³-hybridized carbons (Fsp3) is 0.222. The molecular weight excluding hydrogens is 273 g/mol. The van der Waals surface area contributed by atoms with Crippen molar-refractivity contribution in [2.75, 3.05) is 6.61 Å². The van der Waals surface area contributed by atoms with E-state index < -0.39 is 16.3 Å². The van der Waals surface area contributed by atoms with Crippen molar-refractivity contribution in [2.24, 2.45) is 0 Å². The molecule has 1 unspecified atom stereocenters. The van der Waals surface area contributed by atoms with Gasteiger partial charge in [0.05, 0.1) is 16.0 Å². The van der Waals surface area contributed by atoms with E-state index in [-0.39, 0.29) is 23.1 Å². The Hall–Kier alpha value is -1.53. The van der Waals surface area contributed by atoms with Gasteiger partial charge in [-0.05, 0) is 6.07 Å². The highest BCUT2D eigenvalue weighted by Gasteiger charge is 2.16. The standard InChI is InChI=1S/C9H7Cl2NO5/c10-6-2-1-5(12(15)16)3-8(6)17-4-7(11)9(13)14/h1-3,7H,4H2,(H,13,14). The number of carboxylic acid groups (broad SMARTS) is 1. The molecule has 1 atom stereocenters. The lowest BCUT2D eigenvalue weighted by atomic mass is 10.3. The predicted octanol–water partition coefficient (Wildman–Crippen LogP) is 2.32. The Morgan fingerprint density at radius 1 is 1.59 bits per heavy atom. The molecule has 17 heavy (non-hydrogen) atoms. The van der Waals surface area contributed by atoms with Crippen LogP contribution < -0.4 is 4.74 Å². The number of halogens is 2. The first-order valence-corrected chi connectivity index (χ1v) is 5.17. The zero-order valence-corrected chi connectivity index (χ0v) is 9.81. The van der Waals surface area contributed by atoms with Crippen LogP contribution in [0.3, 0.4) is 0 Å². The zero-order valence-electron chi connectivity index (χ0n) is 8.30. The second-order valence-electron chi connectivity index (χ2n) is 2.99. The second kappa shape index (κ2) is 5.70. The molecule has 0 aliphatic carbocycles. The second-order valence-corrected chi connectivity index (χ2v) is 3.92. The van der Waals surface area contributed by atoms with Crippen molar-refractivity contribution < 1.29 is 19.6 Å². The van der Waals surface area contributed by atoms with Gasteiger partial charge in [0.1, 0.15) is 12.4 Å². The first-order valence-electron chi connectivity index (χ1n) is 4.35. The molecule has 0 bridgehead atoms. The number of hydrogen-bond donors (Lipinski definition) is 1. The van der Waals surface area contributed by atoms with E-state index in [0.29, 0.717) is 0 Å². The molecule has 6 nitrogen and oxygen atoms in total. The molecule has 0 fully saturated rings. The summed E-state index contributed by atoms with van der Waals surface area (Å²) >= 11 is 11.1. The molecule has 1 N–H and O–H groups in total. The monoisotopic (exact) mass is 279 g/mol. The Kier molecular flexibility index (Phi) is 4.53. The van der Waals surface area contributed by atoms with Crippen LogP contribution in [-0.2, 0) is 4.79 Å². The van der Waals surface area contributed by atoms with Crippen molar-refractivity contribution >= 4 is 34.9 Å². The van der Waals surface area contributed by atoms with E-state index in [1.165, 1.54) is 12.1 Å². The number of non-ortho nitro benzene ring substituents is 1. The van der Waals surface area contributed by atoms with Gasteiger partial charge in [-0.25, -0.2) is 0 Å². The van der Waals surface area contributed by atoms with Crippen LogP contribution in [0.25, 0.3) is 0 Å². The lowest BCUT2D eigenvalue weighted by Gasteiger charge is -2.09. The van der Waals surface area contributed by atoms with Gasteiger partial charge in [-0.2, -0.15) is 0 Å². The average molecular weight is 280 g/mol. The number of alkyl halides is 1. The fourth-order valence-electron chi connectivity index (χ4n) is 0.950. The molecule has 0 spiro atoms. The number of ether oxygens (including phenoxy) is 1. The number of nitro benzene ring substituents is 1. The van der Waals surface area contributed by atoms with Crippen molar-refractivity contribution in [2.45, 2.75) is 5.38 Å². The quantitative estimate of drug-likeness (QED) is 0.507. The summed E-state index contributed by atoms with van der Waals surface area (Å²) in [6, 6.07) is 3.61. The summed E-state index contributed by atoms with van der Waals surface area (Å²) in [4.78, 5) is 20.3. The molecule has 0 aliphatic rings. The molecule has 0 amide bonds. The van der Waals surface area contributed by atoms with Crippen LogP contribution in [0.1, 0.15) is 0 Å². The summed E-state index contributed by atoms with van der Waals surface area (Å²) in [5.74, 6) is -1.22. The molecule has 1 aromatic rings. The fourth-order valence-corrected chi connectivity index (χ4v) is 1.19. The van der Waals surface area contributed by atoms with E-state index in [9.17, 15) is 14.9 Å². The van der Waals surface area contributed by atoms with Gasteiger partial charge in [-0.3, -0.25) is 14.9 Å². The van der Waals surface area contributed by atoms with Gasteiger partial charge in [0, 0.05) is 6.07 Å². The molecule has 1 rings (SSSR count). The van der Waals surface area contributed by atoms with Crippen LogP contribution in [0.2, 0.25) is 5.02 Å². The minimum Gasteiger partial charge on any atom is -0.490 e. The van der Waals surface area contributed by atoms with Crippen LogP contribution in [0.15, 0.2) is 18.2 Å². The molecule has 8 heteroatoms. The van der Waals surface area contributed by atoms with Crippen molar-refractivity contribution in [1.29, 1.82) is 0 Å². The molecule has 1 aromatic carbocycles. The maximum Gasteiger partial charge on any atom is 0.325 e. The lowest BCUT2D eigenvalue weighted by molar-refractivity contribution is -0.384. The molecule has 0 heterocycles. The van der Waals surface area contributed by atoms with Crippen molar-refractivity contribution in [3.8, 4) is 5.75 Å². The molecule has 0 aromatic heterocycles. The Bertz CT molecular complexity index is 451. The highest BCUT2D eigenvalue weighted by atomic mass is 35.5. The van der Waals surface area contributed by atoms with Gasteiger partial charge in [-0.15, -0.1) is 11.6 Å². The van der Waals surface area contributed by atoms with Crippen LogP contribution in [-0.4, -0.2) is 28.0 Å². The summed E-state index contributed by atoms with van der Waals surface area (Å²) in [5, 5.41) is 17.9. The first-order chi connectivity index (χ1) is 7.91. The number of carbonyl (C=O) groups is 1. The van der Waals surface area contributed by atoms with Gasteiger partial charge in [-0.1, -0.05) is 11.6 Å². The van der Waals surface area contributed by atoms with E-state index in [0.717, 1.165) is 6.07 Å². The van der Waals surface area contributed by atoms with Crippen molar-refractivity contribution in [1.82, 2.24) is 0 Å². The Morgan fingerprint density at radius 2 is 2.24 bits per heavy atom. The van der Waals surface area contributed by atoms with E-state index in [1.807, 2.05) is 0 Å². The Balaban J connectivity index is 2.79. The maximum absolute atomic E-state index is 10.5. The molecule has 0 saturated carbocycles. The lowest BCUT2D eigenvalue weighted by Crippen LogP contribution is -2.21. The summed E-state index contributed by atoms with van der Waals surface area (Å²) < 4.78 is 5.00. The van der Waals surface area contributed by atoms with Crippen molar-refractivity contribution in [3.63, 3.8) is 0 Å². The average Bonchev–Trinajstić information content (AvgIpc) is 2.26. The molecule has 92 valence electrons. The summed E-state index contributed by atoms with van der Waals surface area (Å²) in [5.41, 5.74) is -0.203. The molecule has 0 radical (unpaired) electrons. The van der Waals surface area contributed by atoms with Crippen LogP contribution in [0.5, 0.6) is 5.75 Å². The van der Waals surface area contributed by atoms with E-state index >= 15 is 0 Å². The normalized spacial score (nSPS) is 11.9. The van der Waals surface area contributed by atoms with Crippen molar-refractivity contribution in [3.05, 3.63) is 33.3 Å². The molecular formula is C9H7Cl2NO5. The number of benzene rings is 1. The summed E-state index contributed by atoms with van der Waals surface area (Å²) in [7, 11) is 0. The van der Waals surface area contributed by atoms with Crippen LogP contribution >= 0.6 is 23.2 Å². The van der Waals surface area contributed by atoms with E-state index in [4.69, 9.17) is 33.0 Å². The number of nitrogens with zero attached hydrogens (tertiary/aromatic N) is 1. The van der Waals surface area contributed by atoms with E-state index in [1.54, 1.807) is 0 Å². The largest absolute Gasteiger partial charge is 0.490 e. The SMILES string of the molecule is O=C(O)C(Cl)COc1cc([N+](=O)[O-])ccc1Cl. The highest BCUT2D eigenvalue weighted by Crippen LogP contribution is 2.29. The van der Waals surface area contributed by atoms with Crippen LogP contribution in [0.4, 0.5) is 5.69 Å². The van der Waals surface area contributed by atoms with E-state index in [2.05, 4.69) is 0 Å². The third-order valence-corrected chi connectivity index (χ3v) is 2.40. The van der Waals surface area contributed by atoms with Gasteiger partial charge < -0.3 is 9.84 Å². The topological polar surface area (TPSA) is 89.7 Å². The van der Waals surface area contributed by atoms with Gasteiger partial charge in [0.15, 0.2) is 5.38 Å². The predicted molar refractivity (Wildman–Crippen MR) is 60.9 cm³/mol. The minimum atomic E-state index is -1.25. The Labute approximate surface area is 106 Å². The summed E-state index contributed by atoms with van der Waals surface area (Å²) in [6.07, 6.45) is 0. The maximum atomic E-state index is 10.5. The number of aliphatic carboxylic acids is 1. The first kappa shape index (κ1) is 13.5. The number of carboxylic acids is 1. The van der Waals surface area contributed by atoms with Crippen LogP contribution in [0, 0.1) is 10.1 Å². The number of hydrogen-bond acceptors (Lipinski definition) is 4. The minimum absolute atomic E-state index is 0.0211. The third-order valence-electron chi connectivity index (χ3n) is 1.78. The van der Waals surface area contributed by atoms with Gasteiger partial charge in [0.25, 0.3) is 5.69 Å². The molecule has 0 saturated heterocycles.